The van der Waals surface area contributed by atoms with E-state index in [1.807, 2.05) is 6.92 Å². The van der Waals surface area contributed by atoms with Gasteiger partial charge in [0.25, 0.3) is 0 Å². The van der Waals surface area contributed by atoms with Gasteiger partial charge in [0, 0.05) is 6.04 Å². The van der Waals surface area contributed by atoms with E-state index < -0.39 is 5.54 Å². The van der Waals surface area contributed by atoms with E-state index in [1.54, 1.807) is 7.05 Å². The lowest BCUT2D eigenvalue weighted by Gasteiger charge is -2.26. The van der Waals surface area contributed by atoms with Crippen molar-refractivity contribution in [1.29, 1.82) is 0 Å². The van der Waals surface area contributed by atoms with Crippen LogP contribution in [0.3, 0.4) is 0 Å². The lowest BCUT2D eigenvalue weighted by atomic mass is 9.94. The van der Waals surface area contributed by atoms with E-state index in [1.165, 1.54) is 25.8 Å². The topological polar surface area (TPSA) is 58.4 Å². The quantitative estimate of drug-likeness (QED) is 0.582. The highest BCUT2D eigenvalue weighted by atomic mass is 16.1. The maximum absolute atomic E-state index is 11.4. The fraction of sp³-hybridized carbons (Fsp3) is 0.929. The molecular formula is C14H29N3O. The summed E-state index contributed by atoms with van der Waals surface area (Å²) in [6, 6.07) is 0.844. The predicted molar refractivity (Wildman–Crippen MR) is 75.4 cm³/mol. The third-order valence-corrected chi connectivity index (χ3v) is 4.04. The van der Waals surface area contributed by atoms with Gasteiger partial charge in [0.2, 0.25) is 5.91 Å². The van der Waals surface area contributed by atoms with E-state index in [-0.39, 0.29) is 5.91 Å². The zero-order valence-electron chi connectivity index (χ0n) is 12.2. The highest BCUT2D eigenvalue weighted by molar-refractivity contribution is 5.84. The molecule has 0 aromatic heterocycles. The van der Waals surface area contributed by atoms with E-state index in [2.05, 4.69) is 17.1 Å². The van der Waals surface area contributed by atoms with Gasteiger partial charge in [-0.3, -0.25) is 4.79 Å². The number of likely N-dealkylation sites (N-methyl/N-ethyl adjacent to an activating group) is 1. The van der Waals surface area contributed by atoms with Crippen molar-refractivity contribution in [3.63, 3.8) is 0 Å². The number of nitrogens with one attached hydrogen (secondary N) is 1. The lowest BCUT2D eigenvalue weighted by Crippen LogP contribution is -2.51. The van der Waals surface area contributed by atoms with Gasteiger partial charge in [-0.25, -0.2) is 0 Å². The normalized spacial score (nSPS) is 18.9. The average Bonchev–Trinajstić information content (AvgIpc) is 3.16. The summed E-state index contributed by atoms with van der Waals surface area (Å²) in [6.07, 6.45) is 6.99. The molecule has 106 valence electrons. The van der Waals surface area contributed by atoms with Gasteiger partial charge in [0.1, 0.15) is 0 Å². The highest BCUT2D eigenvalue weighted by Gasteiger charge is 2.29. The largest absolute Gasteiger partial charge is 0.368 e. The standard InChI is InChI=1S/C14H29N3O/c1-4-10-17(12-7-8-12)11-6-5-9-14(2,16-3)13(15)18/h12,16H,4-11H2,1-3H3,(H2,15,18). The second-order valence-corrected chi connectivity index (χ2v) is 5.67. The first kappa shape index (κ1) is 15.4. The number of hydrogen-bond donors (Lipinski definition) is 2. The van der Waals surface area contributed by atoms with E-state index in [0.717, 1.165) is 31.8 Å². The van der Waals surface area contributed by atoms with Crippen LogP contribution in [0, 0.1) is 0 Å². The Morgan fingerprint density at radius 3 is 2.50 bits per heavy atom. The Balaban J connectivity index is 2.22. The van der Waals surface area contributed by atoms with Crippen LogP contribution in [-0.2, 0) is 4.79 Å². The first-order valence-corrected chi connectivity index (χ1v) is 7.26. The van der Waals surface area contributed by atoms with Gasteiger partial charge in [-0.05, 0) is 65.6 Å². The maximum atomic E-state index is 11.4. The molecule has 1 saturated carbocycles. The number of hydrogen-bond acceptors (Lipinski definition) is 3. The molecule has 0 aromatic carbocycles. The van der Waals surface area contributed by atoms with Crippen LogP contribution in [0.25, 0.3) is 0 Å². The van der Waals surface area contributed by atoms with Crippen LogP contribution in [-0.4, -0.2) is 42.5 Å². The molecule has 1 aliphatic carbocycles. The molecule has 1 unspecified atom stereocenters. The van der Waals surface area contributed by atoms with Crippen LogP contribution in [0.4, 0.5) is 0 Å². The van der Waals surface area contributed by atoms with Gasteiger partial charge < -0.3 is 16.0 Å². The smallest absolute Gasteiger partial charge is 0.237 e. The minimum absolute atomic E-state index is 0.252. The fourth-order valence-corrected chi connectivity index (χ4v) is 2.37. The molecule has 18 heavy (non-hydrogen) atoms. The van der Waals surface area contributed by atoms with Gasteiger partial charge in [-0.2, -0.15) is 0 Å². The Labute approximate surface area is 111 Å². The van der Waals surface area contributed by atoms with Gasteiger partial charge in [-0.15, -0.1) is 0 Å². The molecule has 1 rings (SSSR count). The highest BCUT2D eigenvalue weighted by Crippen LogP contribution is 2.27. The van der Waals surface area contributed by atoms with Crippen LogP contribution < -0.4 is 11.1 Å². The minimum atomic E-state index is -0.546. The van der Waals surface area contributed by atoms with Crippen LogP contribution in [0.2, 0.25) is 0 Å². The van der Waals surface area contributed by atoms with Crippen LogP contribution in [0.15, 0.2) is 0 Å². The number of carbonyl (C=O) groups is 1. The van der Waals surface area contributed by atoms with Gasteiger partial charge in [0.05, 0.1) is 5.54 Å². The maximum Gasteiger partial charge on any atom is 0.237 e. The molecule has 0 spiro atoms. The number of amides is 1. The molecule has 4 nitrogen and oxygen atoms in total. The second-order valence-electron chi connectivity index (χ2n) is 5.67. The molecule has 1 amide bonds. The number of nitrogens with zero attached hydrogens (tertiary/aromatic N) is 1. The number of rotatable bonds is 10. The number of primary amides is 1. The number of carbonyl (C=O) groups excluding carboxylic acids is 1. The Bertz CT molecular complexity index is 266. The zero-order valence-corrected chi connectivity index (χ0v) is 12.2. The van der Waals surface area contributed by atoms with Crippen LogP contribution in [0.1, 0.15) is 52.4 Å². The summed E-state index contributed by atoms with van der Waals surface area (Å²) in [7, 11) is 1.80. The van der Waals surface area contributed by atoms with Crippen LogP contribution >= 0.6 is 0 Å². The van der Waals surface area contributed by atoms with Crippen molar-refractivity contribution >= 4 is 5.91 Å². The van der Waals surface area contributed by atoms with E-state index >= 15 is 0 Å². The van der Waals surface area contributed by atoms with Crippen molar-refractivity contribution < 1.29 is 4.79 Å². The number of unbranched alkanes of at least 4 members (excludes halogenated alkanes) is 1. The molecule has 4 heteroatoms. The first-order chi connectivity index (χ1) is 8.53. The minimum Gasteiger partial charge on any atom is -0.368 e. The van der Waals surface area contributed by atoms with E-state index in [9.17, 15) is 4.79 Å². The zero-order chi connectivity index (χ0) is 13.6. The summed E-state index contributed by atoms with van der Waals surface area (Å²) in [4.78, 5) is 13.9. The van der Waals surface area contributed by atoms with Crippen molar-refractivity contribution in [2.75, 3.05) is 20.1 Å². The van der Waals surface area contributed by atoms with Gasteiger partial charge >= 0.3 is 0 Å². The Morgan fingerprint density at radius 1 is 1.39 bits per heavy atom. The van der Waals surface area contributed by atoms with E-state index in [0.29, 0.717) is 0 Å². The van der Waals surface area contributed by atoms with Crippen LogP contribution in [0.5, 0.6) is 0 Å². The summed E-state index contributed by atoms with van der Waals surface area (Å²) in [6.45, 7) is 6.50. The molecule has 0 radical (unpaired) electrons. The predicted octanol–water partition coefficient (Wildman–Crippen LogP) is 1.49. The summed E-state index contributed by atoms with van der Waals surface area (Å²) in [5.41, 5.74) is 4.87. The molecule has 1 aliphatic rings. The molecule has 0 bridgehead atoms. The van der Waals surface area contributed by atoms with Crippen molar-refractivity contribution in [3.05, 3.63) is 0 Å². The molecule has 3 N–H and O–H groups in total. The molecule has 1 atom stereocenters. The van der Waals surface area contributed by atoms with Gasteiger partial charge in [0.15, 0.2) is 0 Å². The second kappa shape index (κ2) is 7.10. The molecule has 1 fully saturated rings. The molecule has 0 aromatic rings. The summed E-state index contributed by atoms with van der Waals surface area (Å²) >= 11 is 0. The Kier molecular flexibility index (Phi) is 6.09. The summed E-state index contributed by atoms with van der Waals surface area (Å²) < 4.78 is 0. The van der Waals surface area contributed by atoms with Gasteiger partial charge in [-0.1, -0.05) is 6.92 Å². The van der Waals surface area contributed by atoms with Crippen molar-refractivity contribution in [1.82, 2.24) is 10.2 Å². The SMILES string of the molecule is CCCN(CCCCC(C)(NC)C(N)=O)C1CC1. The molecule has 0 heterocycles. The molecular weight excluding hydrogens is 226 g/mol. The monoisotopic (exact) mass is 255 g/mol. The third-order valence-electron chi connectivity index (χ3n) is 4.04. The molecule has 0 aliphatic heterocycles. The van der Waals surface area contributed by atoms with Crippen molar-refractivity contribution in [3.8, 4) is 0 Å². The fourth-order valence-electron chi connectivity index (χ4n) is 2.37. The first-order valence-electron chi connectivity index (χ1n) is 7.26. The molecule has 0 saturated heterocycles. The Hall–Kier alpha value is -0.610. The van der Waals surface area contributed by atoms with E-state index in [4.69, 9.17) is 5.73 Å². The Morgan fingerprint density at radius 2 is 2.06 bits per heavy atom. The van der Waals surface area contributed by atoms with Crippen molar-refractivity contribution in [2.24, 2.45) is 5.73 Å². The number of nitrogens with two attached hydrogens (primary N) is 1. The third kappa shape index (κ3) is 4.58. The summed E-state index contributed by atoms with van der Waals surface area (Å²) in [5.74, 6) is -0.252. The average molecular weight is 255 g/mol. The summed E-state index contributed by atoms with van der Waals surface area (Å²) in [5, 5.41) is 3.04. The lowest BCUT2D eigenvalue weighted by molar-refractivity contribution is -0.123. The van der Waals surface area contributed by atoms with Crippen molar-refractivity contribution in [2.45, 2.75) is 64.0 Å².